The standard InChI is InChI=1S/C21H14N4O4/c22-11-6-12-24-18(14-7-2-1-3-8-14)17(13-23-24)21(28)29-25-19(26)15-9-4-5-10-16(15)20(25)27/h1-5,7-10,13H,6,12H2. The normalized spacial score (nSPS) is 12.6. The van der Waals surface area contributed by atoms with E-state index in [0.29, 0.717) is 16.3 Å². The first-order valence-corrected chi connectivity index (χ1v) is 8.80. The topological polar surface area (TPSA) is 105 Å². The summed E-state index contributed by atoms with van der Waals surface area (Å²) in [7, 11) is 0. The van der Waals surface area contributed by atoms with Crippen LogP contribution in [0.25, 0.3) is 11.3 Å². The lowest BCUT2D eigenvalue weighted by molar-refractivity contribution is -0.0584. The van der Waals surface area contributed by atoms with Crippen molar-refractivity contribution in [2.75, 3.05) is 0 Å². The lowest BCUT2D eigenvalue weighted by atomic mass is 10.1. The third-order valence-corrected chi connectivity index (χ3v) is 4.47. The van der Waals surface area contributed by atoms with Crippen LogP contribution < -0.4 is 0 Å². The molecule has 0 saturated heterocycles. The number of nitriles is 1. The largest absolute Gasteiger partial charge is 0.367 e. The molecule has 8 heteroatoms. The quantitative estimate of drug-likeness (QED) is 0.625. The van der Waals surface area contributed by atoms with Crippen molar-refractivity contribution in [3.05, 3.63) is 77.5 Å². The summed E-state index contributed by atoms with van der Waals surface area (Å²) < 4.78 is 1.53. The molecule has 29 heavy (non-hydrogen) atoms. The molecule has 0 aliphatic carbocycles. The molecule has 1 aromatic heterocycles. The highest BCUT2D eigenvalue weighted by Gasteiger charge is 2.39. The van der Waals surface area contributed by atoms with Crippen LogP contribution in [-0.4, -0.2) is 32.6 Å². The van der Waals surface area contributed by atoms with Crippen molar-refractivity contribution in [3.63, 3.8) is 0 Å². The van der Waals surface area contributed by atoms with Crippen molar-refractivity contribution in [2.24, 2.45) is 0 Å². The van der Waals surface area contributed by atoms with E-state index in [1.165, 1.54) is 23.0 Å². The molecule has 0 spiro atoms. The molecule has 0 fully saturated rings. The van der Waals surface area contributed by atoms with Gasteiger partial charge in [0.2, 0.25) is 0 Å². The second-order valence-corrected chi connectivity index (χ2v) is 6.23. The van der Waals surface area contributed by atoms with Gasteiger partial charge in [0.1, 0.15) is 5.56 Å². The van der Waals surface area contributed by atoms with E-state index in [0.717, 1.165) is 0 Å². The van der Waals surface area contributed by atoms with Gasteiger partial charge < -0.3 is 4.84 Å². The van der Waals surface area contributed by atoms with Gasteiger partial charge in [0.25, 0.3) is 11.8 Å². The molecular weight excluding hydrogens is 372 g/mol. The summed E-state index contributed by atoms with van der Waals surface area (Å²) in [6, 6.07) is 17.3. The fourth-order valence-corrected chi connectivity index (χ4v) is 3.14. The van der Waals surface area contributed by atoms with Gasteiger partial charge in [-0.1, -0.05) is 47.5 Å². The third kappa shape index (κ3) is 3.15. The molecule has 0 unspecified atom stereocenters. The highest BCUT2D eigenvalue weighted by Crippen LogP contribution is 2.27. The molecule has 1 aliphatic rings. The second kappa shape index (κ2) is 7.40. The number of amides is 2. The minimum absolute atomic E-state index is 0.0886. The van der Waals surface area contributed by atoms with Crippen LogP contribution in [0.15, 0.2) is 60.8 Å². The van der Waals surface area contributed by atoms with Crippen LogP contribution in [0.4, 0.5) is 0 Å². The zero-order valence-electron chi connectivity index (χ0n) is 15.1. The van der Waals surface area contributed by atoms with E-state index in [4.69, 9.17) is 10.1 Å². The molecule has 0 N–H and O–H groups in total. The molecule has 0 saturated carbocycles. The number of nitrogens with zero attached hydrogens (tertiary/aromatic N) is 4. The first-order valence-electron chi connectivity index (χ1n) is 8.80. The van der Waals surface area contributed by atoms with E-state index < -0.39 is 17.8 Å². The Balaban J connectivity index is 1.66. The van der Waals surface area contributed by atoms with Gasteiger partial charge in [-0.25, -0.2) is 4.79 Å². The number of imide groups is 1. The van der Waals surface area contributed by atoms with Gasteiger partial charge in [0, 0.05) is 5.56 Å². The minimum atomic E-state index is -0.887. The molecule has 142 valence electrons. The predicted molar refractivity (Wildman–Crippen MR) is 100 cm³/mol. The van der Waals surface area contributed by atoms with Crippen molar-refractivity contribution >= 4 is 17.8 Å². The van der Waals surface area contributed by atoms with Crippen molar-refractivity contribution < 1.29 is 19.2 Å². The van der Waals surface area contributed by atoms with Gasteiger partial charge >= 0.3 is 5.97 Å². The number of benzene rings is 2. The van der Waals surface area contributed by atoms with Gasteiger partial charge in [-0.2, -0.15) is 10.4 Å². The monoisotopic (exact) mass is 386 g/mol. The summed E-state index contributed by atoms with van der Waals surface area (Å²) in [5, 5.41) is 13.5. The second-order valence-electron chi connectivity index (χ2n) is 6.23. The first kappa shape index (κ1) is 18.1. The number of aromatic nitrogens is 2. The van der Waals surface area contributed by atoms with Gasteiger partial charge in [-0.05, 0) is 12.1 Å². The molecular formula is C21H14N4O4. The van der Waals surface area contributed by atoms with Crippen LogP contribution in [0, 0.1) is 11.3 Å². The zero-order chi connectivity index (χ0) is 20.4. The number of aryl methyl sites for hydroxylation is 1. The predicted octanol–water partition coefficient (Wildman–Crippen LogP) is 2.83. The average Bonchev–Trinajstić information content (AvgIpc) is 3.28. The number of carbonyl (C=O) groups excluding carboxylic acids is 3. The molecule has 2 aromatic carbocycles. The Morgan fingerprint density at radius 1 is 1.00 bits per heavy atom. The number of hydrogen-bond acceptors (Lipinski definition) is 6. The molecule has 0 radical (unpaired) electrons. The highest BCUT2D eigenvalue weighted by molar-refractivity contribution is 6.21. The number of rotatable bonds is 5. The number of fused-ring (bicyclic) bond motifs is 1. The Morgan fingerprint density at radius 3 is 2.24 bits per heavy atom. The Hall–Kier alpha value is -4.25. The van der Waals surface area contributed by atoms with E-state index in [1.807, 2.05) is 12.1 Å². The molecule has 0 bridgehead atoms. The molecule has 2 heterocycles. The smallest absolute Gasteiger partial charge is 0.324 e. The van der Waals surface area contributed by atoms with Gasteiger partial charge in [-0.3, -0.25) is 14.3 Å². The van der Waals surface area contributed by atoms with Crippen molar-refractivity contribution in [3.8, 4) is 17.3 Å². The summed E-state index contributed by atoms with van der Waals surface area (Å²) in [5.74, 6) is -2.28. The number of carbonyl (C=O) groups is 3. The van der Waals surface area contributed by atoms with Crippen LogP contribution in [0.5, 0.6) is 0 Å². The third-order valence-electron chi connectivity index (χ3n) is 4.47. The lowest BCUT2D eigenvalue weighted by Gasteiger charge is -2.13. The molecule has 2 amide bonds. The zero-order valence-corrected chi connectivity index (χ0v) is 15.1. The molecule has 3 aromatic rings. The van der Waals surface area contributed by atoms with Crippen LogP contribution in [0.1, 0.15) is 37.5 Å². The van der Waals surface area contributed by atoms with E-state index >= 15 is 0 Å². The van der Waals surface area contributed by atoms with Crippen molar-refractivity contribution in [1.82, 2.24) is 14.8 Å². The Bertz CT molecular complexity index is 1130. The number of hydroxylamine groups is 2. The number of hydrogen-bond donors (Lipinski definition) is 0. The minimum Gasteiger partial charge on any atom is -0.324 e. The maximum atomic E-state index is 12.8. The summed E-state index contributed by atoms with van der Waals surface area (Å²) in [6.45, 7) is 0.279. The Morgan fingerprint density at radius 2 is 1.62 bits per heavy atom. The lowest BCUT2D eigenvalue weighted by Crippen LogP contribution is -2.32. The summed E-state index contributed by atoms with van der Waals surface area (Å²) >= 11 is 0. The van der Waals surface area contributed by atoms with Crippen LogP contribution in [0.2, 0.25) is 0 Å². The Labute approximate surface area is 165 Å². The average molecular weight is 386 g/mol. The molecule has 4 rings (SSSR count). The highest BCUT2D eigenvalue weighted by atomic mass is 16.7. The summed E-state index contributed by atoms with van der Waals surface area (Å²) in [6.07, 6.45) is 1.51. The maximum absolute atomic E-state index is 12.8. The fourth-order valence-electron chi connectivity index (χ4n) is 3.14. The summed E-state index contributed by atoms with van der Waals surface area (Å²) in [5.41, 5.74) is 1.59. The first-order chi connectivity index (χ1) is 14.1. The fraction of sp³-hybridized carbons (Fsp3) is 0.0952. The molecule has 1 aliphatic heterocycles. The van der Waals surface area contributed by atoms with E-state index in [2.05, 4.69) is 5.10 Å². The van der Waals surface area contributed by atoms with Crippen LogP contribution >= 0.6 is 0 Å². The van der Waals surface area contributed by atoms with Crippen LogP contribution in [0.3, 0.4) is 0 Å². The van der Waals surface area contributed by atoms with Crippen LogP contribution in [-0.2, 0) is 11.4 Å². The molecule has 0 atom stereocenters. The summed E-state index contributed by atoms with van der Waals surface area (Å²) in [4.78, 5) is 42.9. The van der Waals surface area contributed by atoms with Crippen molar-refractivity contribution in [1.29, 1.82) is 5.26 Å². The van der Waals surface area contributed by atoms with Gasteiger partial charge in [0.15, 0.2) is 0 Å². The maximum Gasteiger partial charge on any atom is 0.367 e. The Kier molecular flexibility index (Phi) is 4.63. The van der Waals surface area contributed by atoms with Crippen molar-refractivity contribution in [2.45, 2.75) is 13.0 Å². The SMILES string of the molecule is N#CCCn1ncc(C(=O)ON2C(=O)c3ccccc3C2=O)c1-c1ccccc1. The van der Waals surface area contributed by atoms with E-state index in [1.54, 1.807) is 36.4 Å². The van der Waals surface area contributed by atoms with Gasteiger partial charge in [-0.15, -0.1) is 0 Å². The van der Waals surface area contributed by atoms with Gasteiger partial charge in [0.05, 0.1) is 42.1 Å². The van der Waals surface area contributed by atoms with E-state index in [-0.39, 0.29) is 29.7 Å². The molecule has 8 nitrogen and oxygen atoms in total. The van der Waals surface area contributed by atoms with E-state index in [9.17, 15) is 14.4 Å².